The normalized spacial score (nSPS) is 15.1. The molecule has 0 amide bonds. The molecule has 0 bridgehead atoms. The van der Waals surface area contributed by atoms with E-state index in [4.69, 9.17) is 5.11 Å². The number of carboxylic acids is 1. The van der Waals surface area contributed by atoms with Gasteiger partial charge in [0.25, 0.3) is 0 Å². The van der Waals surface area contributed by atoms with E-state index in [0.29, 0.717) is 18.4 Å². The van der Waals surface area contributed by atoms with Crippen LogP contribution in [0.2, 0.25) is 0 Å². The number of benzene rings is 2. The molecule has 1 aliphatic carbocycles. The Balaban J connectivity index is 2.10. The molecule has 0 heterocycles. The molecule has 3 rings (SSSR count). The van der Waals surface area contributed by atoms with Crippen molar-refractivity contribution < 1.29 is 14.7 Å². The van der Waals surface area contributed by atoms with Gasteiger partial charge >= 0.3 is 5.97 Å². The van der Waals surface area contributed by atoms with Crippen molar-refractivity contribution in [3.63, 3.8) is 0 Å². The van der Waals surface area contributed by atoms with Crippen molar-refractivity contribution in [2.45, 2.75) is 19.3 Å². The van der Waals surface area contributed by atoms with Crippen LogP contribution >= 0.6 is 0 Å². The van der Waals surface area contributed by atoms with Gasteiger partial charge in [-0.25, -0.2) is 0 Å². The Morgan fingerprint density at radius 2 is 1.80 bits per heavy atom. The van der Waals surface area contributed by atoms with Crippen molar-refractivity contribution in [1.82, 2.24) is 0 Å². The first-order valence-corrected chi connectivity index (χ1v) is 6.61. The predicted molar refractivity (Wildman–Crippen MR) is 77.4 cm³/mol. The zero-order chi connectivity index (χ0) is 14.1. The lowest BCUT2D eigenvalue weighted by Crippen LogP contribution is -2.04. The van der Waals surface area contributed by atoms with Crippen LogP contribution in [0.25, 0.3) is 16.3 Å². The molecule has 0 saturated carbocycles. The highest BCUT2D eigenvalue weighted by atomic mass is 16.4. The summed E-state index contributed by atoms with van der Waals surface area (Å²) in [6.45, 7) is 0. The minimum atomic E-state index is -0.950. The lowest BCUT2D eigenvalue weighted by atomic mass is 9.97. The third-order valence-electron chi connectivity index (χ3n) is 3.73. The van der Waals surface area contributed by atoms with Gasteiger partial charge in [-0.3, -0.25) is 9.59 Å². The summed E-state index contributed by atoms with van der Waals surface area (Å²) in [5, 5.41) is 11.2. The standard InChI is InChI=1S/C17H14O3/c18-16-8-7-14(15(16)10-17(19)20)13-6-5-11-3-1-2-4-12(11)9-13/h1-6,9H,7-8,10H2,(H,19,20). The predicted octanol–water partition coefficient (Wildman–Crippen LogP) is 3.43. The molecule has 2 aromatic rings. The third kappa shape index (κ3) is 2.23. The number of allylic oxidation sites excluding steroid dienone is 1. The van der Waals surface area contributed by atoms with Gasteiger partial charge in [-0.2, -0.15) is 0 Å². The monoisotopic (exact) mass is 266 g/mol. The van der Waals surface area contributed by atoms with E-state index in [0.717, 1.165) is 21.9 Å². The zero-order valence-electron chi connectivity index (χ0n) is 10.9. The smallest absolute Gasteiger partial charge is 0.307 e. The Morgan fingerprint density at radius 1 is 1.05 bits per heavy atom. The number of carbonyl (C=O) groups excluding carboxylic acids is 1. The van der Waals surface area contributed by atoms with E-state index in [2.05, 4.69) is 0 Å². The van der Waals surface area contributed by atoms with Crippen LogP contribution in [0.1, 0.15) is 24.8 Å². The Bertz CT molecular complexity index is 741. The van der Waals surface area contributed by atoms with Crippen LogP contribution in [0.15, 0.2) is 48.0 Å². The first-order valence-electron chi connectivity index (χ1n) is 6.61. The van der Waals surface area contributed by atoms with E-state index < -0.39 is 5.97 Å². The Labute approximate surface area is 116 Å². The molecule has 0 spiro atoms. The van der Waals surface area contributed by atoms with Gasteiger partial charge in [0.15, 0.2) is 5.78 Å². The maximum Gasteiger partial charge on any atom is 0.307 e. The number of hydrogen-bond donors (Lipinski definition) is 1. The molecular weight excluding hydrogens is 252 g/mol. The van der Waals surface area contributed by atoms with Gasteiger partial charge in [0.1, 0.15) is 0 Å². The molecular formula is C17H14O3. The fraction of sp³-hybridized carbons (Fsp3) is 0.176. The Hall–Kier alpha value is -2.42. The lowest BCUT2D eigenvalue weighted by molar-refractivity contribution is -0.136. The molecule has 2 aromatic carbocycles. The van der Waals surface area contributed by atoms with Crippen LogP contribution in [-0.2, 0) is 9.59 Å². The van der Waals surface area contributed by atoms with Crippen LogP contribution in [0.3, 0.4) is 0 Å². The van der Waals surface area contributed by atoms with Crippen molar-refractivity contribution in [3.05, 3.63) is 53.6 Å². The number of carboxylic acid groups (broad SMARTS) is 1. The lowest BCUT2D eigenvalue weighted by Gasteiger charge is -2.07. The maximum absolute atomic E-state index is 11.8. The first-order chi connectivity index (χ1) is 9.65. The highest BCUT2D eigenvalue weighted by Crippen LogP contribution is 2.34. The van der Waals surface area contributed by atoms with Crippen LogP contribution < -0.4 is 0 Å². The fourth-order valence-electron chi connectivity index (χ4n) is 2.76. The largest absolute Gasteiger partial charge is 0.481 e. The van der Waals surface area contributed by atoms with Crippen molar-refractivity contribution in [1.29, 1.82) is 0 Å². The van der Waals surface area contributed by atoms with Crippen molar-refractivity contribution >= 4 is 28.1 Å². The van der Waals surface area contributed by atoms with E-state index in [9.17, 15) is 9.59 Å². The van der Waals surface area contributed by atoms with Gasteiger partial charge in [0, 0.05) is 12.0 Å². The van der Waals surface area contributed by atoms with Crippen molar-refractivity contribution in [2.75, 3.05) is 0 Å². The number of rotatable bonds is 3. The van der Waals surface area contributed by atoms with Crippen LogP contribution in [0, 0.1) is 0 Å². The summed E-state index contributed by atoms with van der Waals surface area (Å²) >= 11 is 0. The SMILES string of the molecule is O=C(O)CC1=C(c2ccc3ccccc3c2)CCC1=O. The minimum Gasteiger partial charge on any atom is -0.481 e. The fourth-order valence-corrected chi connectivity index (χ4v) is 2.76. The molecule has 3 heteroatoms. The number of fused-ring (bicyclic) bond motifs is 1. The molecule has 0 radical (unpaired) electrons. The van der Waals surface area contributed by atoms with Gasteiger partial charge in [0.05, 0.1) is 6.42 Å². The summed E-state index contributed by atoms with van der Waals surface area (Å²) in [6.07, 6.45) is 0.881. The van der Waals surface area contributed by atoms with Gasteiger partial charge in [-0.1, -0.05) is 36.4 Å². The van der Waals surface area contributed by atoms with Crippen LogP contribution in [0.4, 0.5) is 0 Å². The molecule has 0 unspecified atom stereocenters. The molecule has 0 aliphatic heterocycles. The van der Waals surface area contributed by atoms with E-state index in [-0.39, 0.29) is 12.2 Å². The molecule has 20 heavy (non-hydrogen) atoms. The van der Waals surface area contributed by atoms with Gasteiger partial charge < -0.3 is 5.11 Å². The quantitative estimate of drug-likeness (QED) is 0.926. The molecule has 3 nitrogen and oxygen atoms in total. The van der Waals surface area contributed by atoms with E-state index in [1.807, 2.05) is 42.5 Å². The van der Waals surface area contributed by atoms with E-state index >= 15 is 0 Å². The summed E-state index contributed by atoms with van der Waals surface area (Å²) in [4.78, 5) is 22.7. The second-order valence-electron chi connectivity index (χ2n) is 5.01. The number of Topliss-reactive ketones (excluding diaryl/α,β-unsaturated/α-hetero) is 1. The van der Waals surface area contributed by atoms with E-state index in [1.165, 1.54) is 0 Å². The van der Waals surface area contributed by atoms with Crippen molar-refractivity contribution in [2.24, 2.45) is 0 Å². The van der Waals surface area contributed by atoms with Crippen LogP contribution in [0.5, 0.6) is 0 Å². The summed E-state index contributed by atoms with van der Waals surface area (Å²) < 4.78 is 0. The molecule has 0 aromatic heterocycles. The second kappa shape index (κ2) is 4.93. The zero-order valence-corrected chi connectivity index (χ0v) is 10.9. The molecule has 1 aliphatic rings. The second-order valence-corrected chi connectivity index (χ2v) is 5.01. The van der Waals surface area contributed by atoms with Gasteiger partial charge in [-0.15, -0.1) is 0 Å². The number of carbonyl (C=O) groups is 2. The molecule has 1 N–H and O–H groups in total. The van der Waals surface area contributed by atoms with Crippen molar-refractivity contribution in [3.8, 4) is 0 Å². The minimum absolute atomic E-state index is 0.0319. The number of ketones is 1. The molecule has 0 saturated heterocycles. The first kappa shape index (κ1) is 12.6. The summed E-state index contributed by atoms with van der Waals surface area (Å²) in [5.41, 5.74) is 2.32. The third-order valence-corrected chi connectivity index (χ3v) is 3.73. The highest BCUT2D eigenvalue weighted by Gasteiger charge is 2.25. The number of hydrogen-bond acceptors (Lipinski definition) is 2. The summed E-state index contributed by atoms with van der Waals surface area (Å²) in [5.74, 6) is -0.982. The van der Waals surface area contributed by atoms with Gasteiger partial charge in [0.2, 0.25) is 0 Å². The summed E-state index contributed by atoms with van der Waals surface area (Å²) in [6, 6.07) is 14.0. The van der Waals surface area contributed by atoms with Gasteiger partial charge in [-0.05, 0) is 34.4 Å². The molecule has 0 atom stereocenters. The Kier molecular flexibility index (Phi) is 3.11. The number of aliphatic carboxylic acids is 1. The van der Waals surface area contributed by atoms with E-state index in [1.54, 1.807) is 0 Å². The molecule has 100 valence electrons. The average Bonchev–Trinajstić information content (AvgIpc) is 2.79. The maximum atomic E-state index is 11.8. The Morgan fingerprint density at radius 3 is 2.55 bits per heavy atom. The van der Waals surface area contributed by atoms with Crippen LogP contribution in [-0.4, -0.2) is 16.9 Å². The molecule has 0 fully saturated rings. The summed E-state index contributed by atoms with van der Waals surface area (Å²) in [7, 11) is 0. The highest BCUT2D eigenvalue weighted by molar-refractivity contribution is 6.10. The average molecular weight is 266 g/mol. The topological polar surface area (TPSA) is 54.4 Å².